The van der Waals surface area contributed by atoms with E-state index in [-0.39, 0.29) is 43.5 Å². The Morgan fingerprint density at radius 3 is 2.52 bits per heavy atom. The smallest absolute Gasteiger partial charge is 0.257 e. The van der Waals surface area contributed by atoms with Gasteiger partial charge in [0.05, 0.1) is 31.9 Å². The van der Waals surface area contributed by atoms with Gasteiger partial charge in [0.25, 0.3) is 5.91 Å². The number of carbonyl (C=O) groups excluding carboxylic acids is 1. The maximum Gasteiger partial charge on any atom is 0.257 e. The second kappa shape index (κ2) is 8.24. The topological polar surface area (TPSA) is 42.0 Å². The van der Waals surface area contributed by atoms with Gasteiger partial charge in [0.15, 0.2) is 5.79 Å². The van der Waals surface area contributed by atoms with Crippen molar-refractivity contribution in [2.45, 2.75) is 49.9 Å². The molecular weight excluding hydrogens is 385 g/mol. The lowest BCUT2D eigenvalue weighted by molar-refractivity contribution is -0.263. The second-order valence-corrected chi connectivity index (χ2v) is 8.23. The molecule has 0 aromatic heterocycles. The number of amides is 1. The van der Waals surface area contributed by atoms with Crippen LogP contribution in [0.25, 0.3) is 0 Å². The van der Waals surface area contributed by atoms with E-state index < -0.39 is 17.5 Å². The van der Waals surface area contributed by atoms with E-state index in [4.69, 9.17) is 9.47 Å². The minimum atomic E-state index is -2.57. The molecule has 3 aliphatic rings. The van der Waals surface area contributed by atoms with E-state index in [2.05, 4.69) is 4.90 Å². The van der Waals surface area contributed by atoms with Crippen LogP contribution in [-0.4, -0.2) is 72.9 Å². The summed E-state index contributed by atoms with van der Waals surface area (Å²) in [4.78, 5) is 16.6. The fourth-order valence-electron chi connectivity index (χ4n) is 4.58. The van der Waals surface area contributed by atoms with Gasteiger partial charge in [-0.25, -0.2) is 13.2 Å². The highest BCUT2D eigenvalue weighted by atomic mass is 19.3. The molecule has 0 N–H and O–H groups in total. The molecule has 2 aliphatic heterocycles. The van der Waals surface area contributed by atoms with Gasteiger partial charge in [0, 0.05) is 32.0 Å². The zero-order chi connectivity index (χ0) is 20.5. The third-order valence-electron chi connectivity index (χ3n) is 6.15. The monoisotopic (exact) mass is 412 g/mol. The highest BCUT2D eigenvalue weighted by molar-refractivity contribution is 5.94. The van der Waals surface area contributed by atoms with Crippen molar-refractivity contribution in [2.24, 2.45) is 0 Å². The third-order valence-corrected chi connectivity index (χ3v) is 6.15. The van der Waals surface area contributed by atoms with Crippen LogP contribution < -0.4 is 0 Å². The van der Waals surface area contributed by atoms with E-state index >= 15 is 0 Å². The van der Waals surface area contributed by atoms with Crippen molar-refractivity contribution < 1.29 is 27.4 Å². The second-order valence-electron chi connectivity index (χ2n) is 8.23. The molecule has 0 radical (unpaired) electrons. The number of alkyl halides is 2. The summed E-state index contributed by atoms with van der Waals surface area (Å²) in [7, 11) is 0. The van der Waals surface area contributed by atoms with Crippen molar-refractivity contribution in [3.8, 4) is 0 Å². The molecule has 3 fully saturated rings. The Morgan fingerprint density at radius 2 is 1.76 bits per heavy atom. The largest absolute Gasteiger partial charge is 0.347 e. The van der Waals surface area contributed by atoms with E-state index in [1.54, 1.807) is 17.0 Å². The van der Waals surface area contributed by atoms with Crippen LogP contribution in [0.4, 0.5) is 13.2 Å². The fraction of sp³-hybridized carbons (Fsp3) is 0.667. The quantitative estimate of drug-likeness (QED) is 0.748. The Morgan fingerprint density at radius 1 is 1.03 bits per heavy atom. The first kappa shape index (κ1) is 20.6. The molecule has 1 unspecified atom stereocenters. The lowest BCUT2D eigenvalue weighted by Gasteiger charge is -2.45. The van der Waals surface area contributed by atoms with Crippen LogP contribution in [0, 0.1) is 5.82 Å². The van der Waals surface area contributed by atoms with Crippen molar-refractivity contribution >= 4 is 5.91 Å². The van der Waals surface area contributed by atoms with Gasteiger partial charge in [-0.05, 0) is 31.4 Å². The first-order valence-corrected chi connectivity index (χ1v) is 10.3. The summed E-state index contributed by atoms with van der Waals surface area (Å²) < 4.78 is 53.2. The van der Waals surface area contributed by atoms with E-state index in [1.165, 1.54) is 12.1 Å². The Hall–Kier alpha value is -1.64. The van der Waals surface area contributed by atoms with Crippen LogP contribution in [-0.2, 0) is 9.47 Å². The number of halogens is 3. The fourth-order valence-corrected chi connectivity index (χ4v) is 4.58. The summed E-state index contributed by atoms with van der Waals surface area (Å²) in [5.41, 5.74) is 0.0320. The third kappa shape index (κ3) is 4.59. The molecule has 8 heteroatoms. The van der Waals surface area contributed by atoms with Gasteiger partial charge >= 0.3 is 0 Å². The maximum atomic E-state index is 14.1. The number of benzene rings is 1. The van der Waals surface area contributed by atoms with Crippen LogP contribution in [0.2, 0.25) is 0 Å². The summed E-state index contributed by atoms with van der Waals surface area (Å²) in [5, 5.41) is 0. The molecule has 1 atom stereocenters. The molecule has 1 aliphatic carbocycles. The zero-order valence-electron chi connectivity index (χ0n) is 16.4. The van der Waals surface area contributed by atoms with Gasteiger partial charge < -0.3 is 14.4 Å². The molecule has 2 saturated heterocycles. The predicted molar refractivity (Wildman–Crippen MR) is 100 cm³/mol. The standard InChI is InChI=1S/C21H27F3N2O3/c22-18-5-2-1-4-17(18)19(27)26-11-13-29-21(15-26)14-25(10-3-12-28-21)16-6-8-20(23,24)9-7-16/h1-2,4-5,16H,3,6-15H2. The normalized spacial score (nSPS) is 29.0. The van der Waals surface area contributed by atoms with Crippen LogP contribution >= 0.6 is 0 Å². The number of morpholine rings is 1. The first-order valence-electron chi connectivity index (χ1n) is 10.3. The number of hydrogen-bond acceptors (Lipinski definition) is 4. The molecule has 0 bridgehead atoms. The van der Waals surface area contributed by atoms with Gasteiger partial charge in [0.1, 0.15) is 5.82 Å². The Kier molecular flexibility index (Phi) is 5.86. The summed E-state index contributed by atoms with van der Waals surface area (Å²) >= 11 is 0. The Bertz CT molecular complexity index is 738. The molecule has 1 aromatic carbocycles. The summed E-state index contributed by atoms with van der Waals surface area (Å²) in [6.07, 6.45) is 1.47. The van der Waals surface area contributed by atoms with E-state index in [0.717, 1.165) is 13.0 Å². The molecular formula is C21H27F3N2O3. The van der Waals surface area contributed by atoms with E-state index in [1.807, 2.05) is 0 Å². The molecule has 2 heterocycles. The van der Waals surface area contributed by atoms with Crippen LogP contribution in [0.15, 0.2) is 24.3 Å². The Labute approximate surface area is 168 Å². The lowest BCUT2D eigenvalue weighted by atomic mass is 9.90. The van der Waals surface area contributed by atoms with Crippen molar-refractivity contribution in [3.05, 3.63) is 35.6 Å². The summed E-state index contributed by atoms with van der Waals surface area (Å²) in [5.74, 6) is -4.51. The van der Waals surface area contributed by atoms with Gasteiger partial charge in [-0.2, -0.15) is 0 Å². The SMILES string of the molecule is O=C(c1ccccc1F)N1CCOC2(C1)CN(C1CCC(F)(F)CC1)CCCO2. The van der Waals surface area contributed by atoms with Crippen LogP contribution in [0.3, 0.4) is 0 Å². The highest BCUT2D eigenvalue weighted by Gasteiger charge is 2.45. The lowest BCUT2D eigenvalue weighted by Crippen LogP contribution is -2.60. The molecule has 5 nitrogen and oxygen atoms in total. The summed E-state index contributed by atoms with van der Waals surface area (Å²) in [6.45, 7) is 2.48. The molecule has 1 saturated carbocycles. The van der Waals surface area contributed by atoms with Crippen molar-refractivity contribution in [2.75, 3.05) is 39.4 Å². The molecule has 1 spiro atoms. The van der Waals surface area contributed by atoms with Gasteiger partial charge in [-0.3, -0.25) is 9.69 Å². The zero-order valence-corrected chi connectivity index (χ0v) is 16.4. The van der Waals surface area contributed by atoms with Crippen molar-refractivity contribution in [1.29, 1.82) is 0 Å². The molecule has 160 valence electrons. The van der Waals surface area contributed by atoms with Crippen LogP contribution in [0.5, 0.6) is 0 Å². The molecule has 29 heavy (non-hydrogen) atoms. The first-order chi connectivity index (χ1) is 13.9. The van der Waals surface area contributed by atoms with E-state index in [9.17, 15) is 18.0 Å². The number of ether oxygens (including phenoxy) is 2. The van der Waals surface area contributed by atoms with Crippen LogP contribution in [0.1, 0.15) is 42.5 Å². The minimum absolute atomic E-state index is 0.0320. The van der Waals surface area contributed by atoms with Gasteiger partial charge in [0.2, 0.25) is 5.92 Å². The highest BCUT2D eigenvalue weighted by Crippen LogP contribution is 2.36. The van der Waals surface area contributed by atoms with E-state index in [0.29, 0.717) is 32.5 Å². The maximum absolute atomic E-state index is 14.1. The van der Waals surface area contributed by atoms with Gasteiger partial charge in [-0.1, -0.05) is 12.1 Å². The number of nitrogens with zero attached hydrogens (tertiary/aromatic N) is 2. The number of rotatable bonds is 2. The average Bonchev–Trinajstić information content (AvgIpc) is 2.90. The van der Waals surface area contributed by atoms with Gasteiger partial charge in [-0.15, -0.1) is 0 Å². The molecule has 4 rings (SSSR count). The van der Waals surface area contributed by atoms with Crippen molar-refractivity contribution in [3.63, 3.8) is 0 Å². The Balaban J connectivity index is 1.47. The number of hydrogen-bond donors (Lipinski definition) is 0. The molecule has 1 amide bonds. The average molecular weight is 412 g/mol. The number of carbonyl (C=O) groups is 1. The minimum Gasteiger partial charge on any atom is -0.347 e. The van der Waals surface area contributed by atoms with Crippen molar-refractivity contribution in [1.82, 2.24) is 9.80 Å². The summed E-state index contributed by atoms with van der Waals surface area (Å²) in [6, 6.07) is 5.99. The predicted octanol–water partition coefficient (Wildman–Crippen LogP) is 3.29. The molecule has 1 aromatic rings.